The van der Waals surface area contributed by atoms with Crippen LogP contribution in [0.4, 0.5) is 5.69 Å². The molecule has 21 heavy (non-hydrogen) atoms. The Hall–Kier alpha value is -1.76. The standard InChI is InChI=1S/C14H19NO5S/c1-19-14(16)10-20-13-4-2-11(3-5-13)15-12-6-8-21(17,18)9-7-12/h2-5,12,15H,6-10H2,1H3. The topological polar surface area (TPSA) is 81.7 Å². The van der Waals surface area contributed by atoms with E-state index in [1.165, 1.54) is 7.11 Å². The minimum Gasteiger partial charge on any atom is -0.482 e. The molecule has 1 aromatic rings. The zero-order valence-corrected chi connectivity index (χ0v) is 12.7. The van der Waals surface area contributed by atoms with E-state index in [1.807, 2.05) is 12.1 Å². The Morgan fingerprint density at radius 1 is 1.24 bits per heavy atom. The van der Waals surface area contributed by atoms with Gasteiger partial charge in [0.25, 0.3) is 0 Å². The molecule has 2 rings (SSSR count). The summed E-state index contributed by atoms with van der Waals surface area (Å²) in [5.41, 5.74) is 0.907. The van der Waals surface area contributed by atoms with E-state index < -0.39 is 15.8 Å². The first-order valence-electron chi connectivity index (χ1n) is 6.75. The van der Waals surface area contributed by atoms with Crippen molar-refractivity contribution in [3.63, 3.8) is 0 Å². The second kappa shape index (κ2) is 6.80. The molecule has 1 saturated heterocycles. The van der Waals surface area contributed by atoms with E-state index in [0.717, 1.165) is 5.69 Å². The molecule has 1 heterocycles. The van der Waals surface area contributed by atoms with E-state index in [-0.39, 0.29) is 24.2 Å². The van der Waals surface area contributed by atoms with Crippen molar-refractivity contribution >= 4 is 21.5 Å². The number of benzene rings is 1. The van der Waals surface area contributed by atoms with Crippen LogP contribution < -0.4 is 10.1 Å². The summed E-state index contributed by atoms with van der Waals surface area (Å²) in [4.78, 5) is 11.0. The van der Waals surface area contributed by atoms with E-state index in [0.29, 0.717) is 18.6 Å². The van der Waals surface area contributed by atoms with Crippen LogP contribution in [0.15, 0.2) is 24.3 Å². The van der Waals surface area contributed by atoms with Crippen molar-refractivity contribution in [3.8, 4) is 5.75 Å². The number of ether oxygens (including phenoxy) is 2. The fraction of sp³-hybridized carbons (Fsp3) is 0.500. The lowest BCUT2D eigenvalue weighted by atomic mass is 10.1. The number of carbonyl (C=O) groups excluding carboxylic acids is 1. The highest BCUT2D eigenvalue weighted by Gasteiger charge is 2.23. The van der Waals surface area contributed by atoms with Gasteiger partial charge in [-0.25, -0.2) is 13.2 Å². The van der Waals surface area contributed by atoms with Crippen molar-refractivity contribution < 1.29 is 22.7 Å². The van der Waals surface area contributed by atoms with Gasteiger partial charge in [0.15, 0.2) is 6.61 Å². The number of rotatable bonds is 5. The van der Waals surface area contributed by atoms with Gasteiger partial charge in [-0.2, -0.15) is 0 Å². The van der Waals surface area contributed by atoms with Crippen molar-refractivity contribution in [1.82, 2.24) is 0 Å². The largest absolute Gasteiger partial charge is 0.482 e. The van der Waals surface area contributed by atoms with Gasteiger partial charge in [0.05, 0.1) is 18.6 Å². The van der Waals surface area contributed by atoms with Crippen LogP contribution in [0.25, 0.3) is 0 Å². The lowest BCUT2D eigenvalue weighted by molar-refractivity contribution is -0.142. The minimum absolute atomic E-state index is 0.121. The first-order chi connectivity index (χ1) is 9.98. The summed E-state index contributed by atoms with van der Waals surface area (Å²) in [6.07, 6.45) is 1.26. The van der Waals surface area contributed by atoms with Gasteiger partial charge in [-0.1, -0.05) is 0 Å². The summed E-state index contributed by atoms with van der Waals surface area (Å²) >= 11 is 0. The third-order valence-corrected chi connectivity index (χ3v) is 5.08. The predicted molar refractivity (Wildman–Crippen MR) is 79.3 cm³/mol. The Labute approximate surface area is 124 Å². The van der Waals surface area contributed by atoms with Crippen LogP contribution in [0.1, 0.15) is 12.8 Å². The molecule has 0 radical (unpaired) electrons. The predicted octanol–water partition coefficient (Wildman–Crippen LogP) is 1.23. The summed E-state index contributed by atoms with van der Waals surface area (Å²) in [6, 6.07) is 7.37. The van der Waals surface area contributed by atoms with E-state index in [1.54, 1.807) is 12.1 Å². The Bertz CT molecular complexity index is 568. The molecule has 0 aliphatic carbocycles. The van der Waals surface area contributed by atoms with Gasteiger partial charge in [-0.15, -0.1) is 0 Å². The van der Waals surface area contributed by atoms with Crippen LogP contribution in [0.3, 0.4) is 0 Å². The highest BCUT2D eigenvalue weighted by Crippen LogP contribution is 2.20. The van der Waals surface area contributed by atoms with Gasteiger partial charge in [0, 0.05) is 11.7 Å². The first kappa shape index (κ1) is 15.6. The summed E-state index contributed by atoms with van der Waals surface area (Å²) in [5.74, 6) is 0.633. The molecule has 116 valence electrons. The van der Waals surface area contributed by atoms with Crippen LogP contribution in [0.5, 0.6) is 5.75 Å². The summed E-state index contributed by atoms with van der Waals surface area (Å²) < 4.78 is 32.5. The third kappa shape index (κ3) is 4.93. The lowest BCUT2D eigenvalue weighted by Crippen LogP contribution is -2.32. The number of hydrogen-bond acceptors (Lipinski definition) is 6. The summed E-state index contributed by atoms with van der Waals surface area (Å²) in [7, 11) is -1.53. The van der Waals surface area contributed by atoms with Crippen LogP contribution in [-0.4, -0.2) is 45.7 Å². The number of methoxy groups -OCH3 is 1. The molecule has 0 atom stereocenters. The van der Waals surface area contributed by atoms with Gasteiger partial charge < -0.3 is 14.8 Å². The van der Waals surface area contributed by atoms with Crippen molar-refractivity contribution in [2.75, 3.05) is 30.5 Å². The number of carbonyl (C=O) groups is 1. The molecule has 0 spiro atoms. The monoisotopic (exact) mass is 313 g/mol. The average molecular weight is 313 g/mol. The Balaban J connectivity index is 1.84. The second-order valence-electron chi connectivity index (χ2n) is 4.96. The molecule has 7 heteroatoms. The fourth-order valence-corrected chi connectivity index (χ4v) is 3.61. The van der Waals surface area contributed by atoms with E-state index in [2.05, 4.69) is 10.1 Å². The molecular weight excluding hydrogens is 294 g/mol. The zero-order valence-electron chi connectivity index (χ0n) is 11.9. The lowest BCUT2D eigenvalue weighted by Gasteiger charge is -2.24. The Morgan fingerprint density at radius 3 is 2.43 bits per heavy atom. The molecule has 0 bridgehead atoms. The number of sulfone groups is 1. The normalized spacial score (nSPS) is 18.0. The molecular formula is C14H19NO5S. The van der Waals surface area contributed by atoms with Gasteiger partial charge in [-0.3, -0.25) is 0 Å². The van der Waals surface area contributed by atoms with Crippen LogP contribution in [0.2, 0.25) is 0 Å². The molecule has 1 fully saturated rings. The van der Waals surface area contributed by atoms with E-state index >= 15 is 0 Å². The van der Waals surface area contributed by atoms with E-state index in [4.69, 9.17) is 4.74 Å². The molecule has 0 unspecified atom stereocenters. The molecule has 6 nitrogen and oxygen atoms in total. The molecule has 1 N–H and O–H groups in total. The summed E-state index contributed by atoms with van der Waals surface area (Å²) in [5, 5.41) is 3.31. The maximum Gasteiger partial charge on any atom is 0.343 e. The second-order valence-corrected chi connectivity index (χ2v) is 7.26. The molecule has 1 aliphatic heterocycles. The van der Waals surface area contributed by atoms with Crippen LogP contribution in [-0.2, 0) is 19.4 Å². The third-order valence-electron chi connectivity index (χ3n) is 3.36. The van der Waals surface area contributed by atoms with Crippen LogP contribution >= 0.6 is 0 Å². The number of anilines is 1. The van der Waals surface area contributed by atoms with E-state index in [9.17, 15) is 13.2 Å². The maximum atomic E-state index is 11.4. The highest BCUT2D eigenvalue weighted by molar-refractivity contribution is 7.91. The molecule has 0 saturated carbocycles. The van der Waals surface area contributed by atoms with Crippen LogP contribution in [0, 0.1) is 0 Å². The van der Waals surface area contributed by atoms with Gasteiger partial charge in [-0.05, 0) is 37.1 Å². The zero-order chi connectivity index (χ0) is 15.3. The Kier molecular flexibility index (Phi) is 5.06. The molecule has 0 aromatic heterocycles. The first-order valence-corrected chi connectivity index (χ1v) is 8.57. The quantitative estimate of drug-likeness (QED) is 0.823. The molecule has 1 aliphatic rings. The molecule has 0 amide bonds. The van der Waals surface area contributed by atoms with Crippen molar-refractivity contribution in [2.24, 2.45) is 0 Å². The van der Waals surface area contributed by atoms with Crippen molar-refractivity contribution in [2.45, 2.75) is 18.9 Å². The molecule has 1 aromatic carbocycles. The fourth-order valence-electron chi connectivity index (χ4n) is 2.12. The highest BCUT2D eigenvalue weighted by atomic mass is 32.2. The Morgan fingerprint density at radius 2 is 1.86 bits per heavy atom. The maximum absolute atomic E-state index is 11.4. The van der Waals surface area contributed by atoms with Crippen molar-refractivity contribution in [1.29, 1.82) is 0 Å². The minimum atomic E-state index is -2.84. The number of esters is 1. The SMILES string of the molecule is COC(=O)COc1ccc(NC2CCS(=O)(=O)CC2)cc1. The van der Waals surface area contributed by atoms with Gasteiger partial charge in [0.1, 0.15) is 15.6 Å². The van der Waals surface area contributed by atoms with Gasteiger partial charge >= 0.3 is 5.97 Å². The number of nitrogens with one attached hydrogen (secondary N) is 1. The summed E-state index contributed by atoms with van der Waals surface area (Å²) in [6.45, 7) is -0.121. The van der Waals surface area contributed by atoms with Gasteiger partial charge in [0.2, 0.25) is 0 Å². The van der Waals surface area contributed by atoms with Crippen molar-refractivity contribution in [3.05, 3.63) is 24.3 Å². The average Bonchev–Trinajstić information content (AvgIpc) is 2.48. The number of hydrogen-bond donors (Lipinski definition) is 1. The smallest absolute Gasteiger partial charge is 0.343 e.